The van der Waals surface area contributed by atoms with Gasteiger partial charge in [-0.1, -0.05) is 11.8 Å². The number of aromatic nitrogens is 3. The molecule has 0 saturated heterocycles. The van der Waals surface area contributed by atoms with Gasteiger partial charge < -0.3 is 20.6 Å². The Balaban J connectivity index is 1.64. The minimum absolute atomic E-state index is 0.0127. The number of nitrogens with one attached hydrogen (secondary N) is 1. The number of carbonyl (C=O) groups excluding carboxylic acids is 1. The highest BCUT2D eigenvalue weighted by Gasteiger charge is 2.22. The molecule has 1 atom stereocenters. The van der Waals surface area contributed by atoms with Crippen LogP contribution in [0.4, 0.5) is 15.8 Å². The summed E-state index contributed by atoms with van der Waals surface area (Å²) < 4.78 is 24.8. The van der Waals surface area contributed by atoms with Crippen molar-refractivity contribution in [1.82, 2.24) is 14.9 Å². The van der Waals surface area contributed by atoms with E-state index in [1.165, 1.54) is 54.3 Å². The first kappa shape index (κ1) is 22.8. The molecule has 0 spiro atoms. The minimum atomic E-state index is -0.670. The molecule has 0 aliphatic heterocycles. The maximum atomic E-state index is 13.0. The van der Waals surface area contributed by atoms with Crippen LogP contribution < -0.4 is 20.6 Å². The number of benzene rings is 2. The number of rotatable bonds is 9. The number of ether oxygens (including phenoxy) is 2. The van der Waals surface area contributed by atoms with Gasteiger partial charge in [0.05, 0.1) is 23.0 Å². The maximum absolute atomic E-state index is 13.0. The second-order valence-electron chi connectivity index (χ2n) is 6.40. The van der Waals surface area contributed by atoms with E-state index in [1.807, 2.05) is 0 Å². The van der Waals surface area contributed by atoms with Crippen molar-refractivity contribution in [2.24, 2.45) is 0 Å². The number of thioether (sulfide) groups is 1. The zero-order chi connectivity index (χ0) is 23.3. The molecule has 0 bridgehead atoms. The third kappa shape index (κ3) is 5.43. The Hall–Kier alpha value is -3.87. The number of halogens is 1. The molecule has 13 heteroatoms. The summed E-state index contributed by atoms with van der Waals surface area (Å²) in [6.07, 6.45) is 0. The van der Waals surface area contributed by atoms with E-state index < -0.39 is 16.1 Å². The lowest BCUT2D eigenvalue weighted by Gasteiger charge is -2.13. The first-order chi connectivity index (χ1) is 15.3. The molecule has 3 aromatic rings. The van der Waals surface area contributed by atoms with Crippen molar-refractivity contribution < 1.29 is 23.6 Å². The van der Waals surface area contributed by atoms with Crippen LogP contribution in [0.1, 0.15) is 12.7 Å². The van der Waals surface area contributed by atoms with Crippen LogP contribution >= 0.6 is 11.8 Å². The number of nitrogens with zero attached hydrogens (tertiary/aromatic N) is 4. The van der Waals surface area contributed by atoms with Gasteiger partial charge in [0.1, 0.15) is 23.9 Å². The number of hydrogen-bond acceptors (Lipinski definition) is 9. The lowest BCUT2D eigenvalue weighted by Crippen LogP contribution is -2.24. The fourth-order valence-electron chi connectivity index (χ4n) is 2.52. The molecule has 0 aliphatic rings. The Labute approximate surface area is 185 Å². The maximum Gasteiger partial charge on any atom is 0.271 e. The minimum Gasteiger partial charge on any atom is -0.495 e. The molecule has 0 radical (unpaired) electrons. The van der Waals surface area contributed by atoms with Crippen molar-refractivity contribution >= 4 is 29.0 Å². The molecule has 0 aliphatic carbocycles. The third-order valence-corrected chi connectivity index (χ3v) is 5.28. The Kier molecular flexibility index (Phi) is 7.10. The molecular weight excluding hydrogens is 443 g/mol. The second kappa shape index (κ2) is 9.96. The van der Waals surface area contributed by atoms with Crippen LogP contribution in [0, 0.1) is 15.9 Å². The summed E-state index contributed by atoms with van der Waals surface area (Å²) in [4.78, 5) is 23.0. The van der Waals surface area contributed by atoms with Crippen molar-refractivity contribution in [3.05, 3.63) is 64.2 Å². The number of nitro groups is 1. The van der Waals surface area contributed by atoms with Crippen LogP contribution in [-0.2, 0) is 11.4 Å². The van der Waals surface area contributed by atoms with Crippen molar-refractivity contribution in [3.63, 3.8) is 0 Å². The average molecular weight is 462 g/mol. The monoisotopic (exact) mass is 462 g/mol. The number of non-ortho nitro benzene ring substituents is 1. The van der Waals surface area contributed by atoms with E-state index in [-0.39, 0.29) is 34.7 Å². The molecule has 11 nitrogen and oxygen atoms in total. The average Bonchev–Trinajstić information content (AvgIpc) is 3.12. The molecule has 2 aromatic carbocycles. The van der Waals surface area contributed by atoms with Crippen molar-refractivity contribution in [2.75, 3.05) is 18.3 Å². The number of nitrogen functional groups attached to an aromatic ring is 1. The molecular formula is C19H19FN6O5S. The molecule has 3 rings (SSSR count). The smallest absolute Gasteiger partial charge is 0.271 e. The summed E-state index contributed by atoms with van der Waals surface area (Å²) in [6.45, 7) is 1.61. The lowest BCUT2D eigenvalue weighted by atomic mass is 10.2. The summed E-state index contributed by atoms with van der Waals surface area (Å²) in [6, 6.07) is 9.35. The topological polar surface area (TPSA) is 147 Å². The predicted octanol–water partition coefficient (Wildman–Crippen LogP) is 2.75. The first-order valence-electron chi connectivity index (χ1n) is 9.16. The normalized spacial score (nSPS) is 11.6. The Bertz CT molecular complexity index is 1120. The number of anilines is 1. The van der Waals surface area contributed by atoms with Gasteiger partial charge in [0.2, 0.25) is 11.1 Å². The largest absolute Gasteiger partial charge is 0.495 e. The standard InChI is InChI=1S/C19H19FN6O5S/c1-11(18(27)22-15-9-13(26(28)29)5-8-16(15)30-2)32-19-24-23-17(25(19)21)10-31-14-6-3-12(20)4-7-14/h3-9,11H,10,21H2,1-2H3,(H,22,27). The molecule has 1 aromatic heterocycles. The molecule has 168 valence electrons. The molecule has 0 fully saturated rings. The fourth-order valence-corrected chi connectivity index (χ4v) is 3.31. The lowest BCUT2D eigenvalue weighted by molar-refractivity contribution is -0.384. The van der Waals surface area contributed by atoms with Gasteiger partial charge in [0, 0.05) is 12.1 Å². The van der Waals surface area contributed by atoms with E-state index in [0.717, 1.165) is 11.8 Å². The van der Waals surface area contributed by atoms with Crippen LogP contribution in [0.25, 0.3) is 0 Å². The molecule has 32 heavy (non-hydrogen) atoms. The molecule has 1 amide bonds. The quantitative estimate of drug-likeness (QED) is 0.212. The van der Waals surface area contributed by atoms with Crippen LogP contribution in [0.2, 0.25) is 0 Å². The van der Waals surface area contributed by atoms with Gasteiger partial charge in [-0.05, 0) is 37.3 Å². The zero-order valence-corrected chi connectivity index (χ0v) is 17.8. The molecule has 0 saturated carbocycles. The summed E-state index contributed by atoms with van der Waals surface area (Å²) in [7, 11) is 1.39. The predicted molar refractivity (Wildman–Crippen MR) is 115 cm³/mol. The van der Waals surface area contributed by atoms with E-state index in [1.54, 1.807) is 6.92 Å². The summed E-state index contributed by atoms with van der Waals surface area (Å²) in [5.74, 6) is 6.18. The number of amides is 1. The fraction of sp³-hybridized carbons (Fsp3) is 0.211. The summed E-state index contributed by atoms with van der Waals surface area (Å²) in [5.41, 5.74) is -0.0179. The van der Waals surface area contributed by atoms with Crippen LogP contribution in [-0.4, -0.2) is 38.1 Å². The molecule has 3 N–H and O–H groups in total. The van der Waals surface area contributed by atoms with Gasteiger partial charge in [-0.15, -0.1) is 10.2 Å². The summed E-state index contributed by atoms with van der Waals surface area (Å²) >= 11 is 1.04. The highest BCUT2D eigenvalue weighted by molar-refractivity contribution is 8.00. The van der Waals surface area contributed by atoms with Crippen molar-refractivity contribution in [3.8, 4) is 11.5 Å². The van der Waals surface area contributed by atoms with Gasteiger partial charge >= 0.3 is 0 Å². The van der Waals surface area contributed by atoms with Crippen molar-refractivity contribution in [2.45, 2.75) is 23.9 Å². The van der Waals surface area contributed by atoms with E-state index in [2.05, 4.69) is 15.5 Å². The third-order valence-electron chi connectivity index (χ3n) is 4.22. The summed E-state index contributed by atoms with van der Waals surface area (Å²) in [5, 5.41) is 21.1. The Morgan fingerprint density at radius 3 is 2.69 bits per heavy atom. The van der Waals surface area contributed by atoms with Crippen LogP contribution in [0.5, 0.6) is 11.5 Å². The first-order valence-corrected chi connectivity index (χ1v) is 10.0. The van der Waals surface area contributed by atoms with Crippen molar-refractivity contribution in [1.29, 1.82) is 0 Å². The molecule has 1 unspecified atom stereocenters. The van der Waals surface area contributed by atoms with E-state index >= 15 is 0 Å². The van der Waals surface area contributed by atoms with Gasteiger partial charge in [0.15, 0.2) is 5.82 Å². The SMILES string of the molecule is COc1ccc([N+](=O)[O-])cc1NC(=O)C(C)Sc1nnc(COc2ccc(F)cc2)n1N. The number of nitro benzene ring substituents is 1. The Morgan fingerprint density at radius 1 is 1.31 bits per heavy atom. The Morgan fingerprint density at radius 2 is 2.03 bits per heavy atom. The van der Waals surface area contributed by atoms with Crippen LogP contribution in [0.15, 0.2) is 47.6 Å². The van der Waals surface area contributed by atoms with E-state index in [4.69, 9.17) is 15.3 Å². The second-order valence-corrected chi connectivity index (χ2v) is 7.71. The number of hydrogen-bond donors (Lipinski definition) is 2. The zero-order valence-electron chi connectivity index (χ0n) is 17.0. The van der Waals surface area contributed by atoms with Crippen LogP contribution in [0.3, 0.4) is 0 Å². The van der Waals surface area contributed by atoms with E-state index in [9.17, 15) is 19.3 Å². The highest BCUT2D eigenvalue weighted by atomic mass is 32.2. The van der Waals surface area contributed by atoms with Gasteiger partial charge in [-0.25, -0.2) is 9.07 Å². The van der Waals surface area contributed by atoms with Gasteiger partial charge in [-0.3, -0.25) is 14.9 Å². The number of carbonyl (C=O) groups is 1. The van der Waals surface area contributed by atoms with Gasteiger partial charge in [0.25, 0.3) is 5.69 Å². The molecule has 1 heterocycles. The number of methoxy groups -OCH3 is 1. The van der Waals surface area contributed by atoms with Gasteiger partial charge in [-0.2, -0.15) is 0 Å². The number of nitrogens with two attached hydrogens (primary N) is 1. The highest BCUT2D eigenvalue weighted by Crippen LogP contribution is 2.30. The van der Waals surface area contributed by atoms with E-state index in [0.29, 0.717) is 11.6 Å².